The van der Waals surface area contributed by atoms with Crippen LogP contribution in [0.25, 0.3) is 11.3 Å². The average Bonchev–Trinajstić information content (AvgIpc) is 3.46. The van der Waals surface area contributed by atoms with Crippen LogP contribution >= 0.6 is 22.7 Å². The molecule has 4 aromatic rings. The van der Waals surface area contributed by atoms with Crippen molar-refractivity contribution in [3.8, 4) is 28.5 Å². The van der Waals surface area contributed by atoms with E-state index in [0.717, 1.165) is 16.3 Å². The molecule has 164 valence electrons. The number of aryl methyl sites for hydroxylation is 1. The van der Waals surface area contributed by atoms with Crippen LogP contribution in [-0.4, -0.2) is 30.1 Å². The molecule has 0 fully saturated rings. The Kier molecular flexibility index (Phi) is 6.67. The summed E-state index contributed by atoms with van der Waals surface area (Å²) in [6, 6.07) is 12.5. The van der Waals surface area contributed by atoms with Crippen molar-refractivity contribution in [2.75, 3.05) is 19.5 Å². The van der Waals surface area contributed by atoms with Gasteiger partial charge in [-0.2, -0.15) is 0 Å². The van der Waals surface area contributed by atoms with Gasteiger partial charge in [0.25, 0.3) is 5.91 Å². The largest absolute Gasteiger partial charge is 0.497 e. The smallest absolute Gasteiger partial charge is 0.257 e. The molecule has 0 saturated carbocycles. The van der Waals surface area contributed by atoms with Crippen LogP contribution in [0.1, 0.15) is 21.1 Å². The first-order chi connectivity index (χ1) is 15.6. The van der Waals surface area contributed by atoms with E-state index < -0.39 is 0 Å². The Bertz CT molecular complexity index is 1240. The van der Waals surface area contributed by atoms with Crippen molar-refractivity contribution >= 4 is 33.7 Å². The second-order valence-electron chi connectivity index (χ2n) is 6.73. The van der Waals surface area contributed by atoms with E-state index in [-0.39, 0.29) is 5.91 Å². The highest BCUT2D eigenvalue weighted by molar-refractivity contribution is 7.14. The fourth-order valence-corrected chi connectivity index (χ4v) is 4.30. The quantitative estimate of drug-likeness (QED) is 0.372. The number of amides is 1. The van der Waals surface area contributed by atoms with E-state index >= 15 is 0 Å². The third kappa shape index (κ3) is 5.06. The summed E-state index contributed by atoms with van der Waals surface area (Å²) in [5, 5.41) is 8.15. The van der Waals surface area contributed by atoms with Crippen LogP contribution < -0.4 is 19.5 Å². The lowest BCUT2D eigenvalue weighted by Crippen LogP contribution is -2.11. The Morgan fingerprint density at radius 3 is 2.62 bits per heavy atom. The normalized spacial score (nSPS) is 10.6. The first kappa shape index (κ1) is 21.8. The molecule has 0 spiro atoms. The fraction of sp³-hybridized carbons (Fsp3) is 0.174. The standard InChI is InChI=1S/C23H21N3O4S2/c1-14-24-16(12-31-14)11-30-18-6-4-5-15(9-18)22(27)26-23-25-20(13-32-23)19-10-17(28-2)7-8-21(19)29-3/h4-10,12-13H,11H2,1-3H3,(H,25,26,27). The van der Waals surface area contributed by atoms with Gasteiger partial charge in [0.1, 0.15) is 23.9 Å². The predicted octanol–water partition coefficient (Wildman–Crippen LogP) is 5.42. The molecular formula is C23H21N3O4S2. The third-order valence-electron chi connectivity index (χ3n) is 4.56. The van der Waals surface area contributed by atoms with Gasteiger partial charge in [0.05, 0.1) is 30.6 Å². The monoisotopic (exact) mass is 467 g/mol. The number of carbonyl (C=O) groups excluding carboxylic acids is 1. The summed E-state index contributed by atoms with van der Waals surface area (Å²) in [6.45, 7) is 2.31. The van der Waals surface area contributed by atoms with Crippen LogP contribution in [0.2, 0.25) is 0 Å². The highest BCUT2D eigenvalue weighted by Crippen LogP contribution is 2.35. The number of thiazole rings is 2. The van der Waals surface area contributed by atoms with Gasteiger partial charge in [0.15, 0.2) is 5.13 Å². The number of ether oxygens (including phenoxy) is 3. The van der Waals surface area contributed by atoms with Crippen molar-refractivity contribution in [2.45, 2.75) is 13.5 Å². The fourth-order valence-electron chi connectivity index (χ4n) is 3.00. The Hall–Kier alpha value is -3.43. The zero-order chi connectivity index (χ0) is 22.5. The molecule has 32 heavy (non-hydrogen) atoms. The molecule has 0 unspecified atom stereocenters. The van der Waals surface area contributed by atoms with Gasteiger partial charge in [-0.05, 0) is 43.3 Å². The van der Waals surface area contributed by atoms with E-state index in [9.17, 15) is 4.79 Å². The topological polar surface area (TPSA) is 82.6 Å². The van der Waals surface area contributed by atoms with Gasteiger partial charge in [0.2, 0.25) is 0 Å². The Labute approximate surface area is 193 Å². The summed E-state index contributed by atoms with van der Waals surface area (Å²) in [5.41, 5.74) is 2.83. The third-order valence-corrected chi connectivity index (χ3v) is 6.14. The van der Waals surface area contributed by atoms with E-state index in [0.29, 0.717) is 40.2 Å². The number of rotatable bonds is 8. The van der Waals surface area contributed by atoms with Gasteiger partial charge in [-0.1, -0.05) is 6.07 Å². The number of nitrogens with zero attached hydrogens (tertiary/aromatic N) is 2. The molecule has 0 aliphatic heterocycles. The summed E-state index contributed by atoms with van der Waals surface area (Å²) in [7, 11) is 3.21. The molecule has 2 aromatic heterocycles. The van der Waals surface area contributed by atoms with Crippen molar-refractivity contribution in [3.05, 3.63) is 69.5 Å². The van der Waals surface area contributed by atoms with Crippen LogP contribution in [-0.2, 0) is 6.61 Å². The van der Waals surface area contributed by atoms with Crippen molar-refractivity contribution in [2.24, 2.45) is 0 Å². The lowest BCUT2D eigenvalue weighted by atomic mass is 10.1. The van der Waals surface area contributed by atoms with E-state index in [1.54, 1.807) is 43.8 Å². The summed E-state index contributed by atoms with van der Waals surface area (Å²) >= 11 is 2.91. The molecule has 0 atom stereocenters. The zero-order valence-electron chi connectivity index (χ0n) is 17.7. The highest BCUT2D eigenvalue weighted by Gasteiger charge is 2.14. The minimum Gasteiger partial charge on any atom is -0.497 e. The molecule has 1 amide bonds. The van der Waals surface area contributed by atoms with Gasteiger partial charge in [-0.15, -0.1) is 22.7 Å². The van der Waals surface area contributed by atoms with Gasteiger partial charge < -0.3 is 14.2 Å². The first-order valence-corrected chi connectivity index (χ1v) is 11.4. The maximum absolute atomic E-state index is 12.8. The molecule has 1 N–H and O–H groups in total. The Morgan fingerprint density at radius 2 is 1.88 bits per heavy atom. The number of nitrogens with one attached hydrogen (secondary N) is 1. The molecule has 0 radical (unpaired) electrons. The van der Waals surface area contributed by atoms with E-state index in [1.807, 2.05) is 41.9 Å². The van der Waals surface area contributed by atoms with Crippen LogP contribution in [0.15, 0.2) is 53.2 Å². The van der Waals surface area contributed by atoms with E-state index in [2.05, 4.69) is 15.3 Å². The Balaban J connectivity index is 1.45. The molecule has 4 rings (SSSR count). The number of carbonyl (C=O) groups is 1. The molecular weight excluding hydrogens is 446 g/mol. The van der Waals surface area contributed by atoms with E-state index in [1.165, 1.54) is 11.3 Å². The molecule has 2 aromatic carbocycles. The average molecular weight is 468 g/mol. The maximum Gasteiger partial charge on any atom is 0.257 e. The lowest BCUT2D eigenvalue weighted by molar-refractivity contribution is 0.102. The first-order valence-electron chi connectivity index (χ1n) is 9.69. The summed E-state index contributed by atoms with van der Waals surface area (Å²) in [4.78, 5) is 21.7. The van der Waals surface area contributed by atoms with Crippen molar-refractivity contribution in [3.63, 3.8) is 0 Å². The molecule has 0 aliphatic rings. The number of hydrogen-bond acceptors (Lipinski definition) is 8. The minimum atomic E-state index is -0.265. The van der Waals surface area contributed by atoms with Gasteiger partial charge in [0, 0.05) is 21.9 Å². The van der Waals surface area contributed by atoms with Gasteiger partial charge in [-0.3, -0.25) is 10.1 Å². The lowest BCUT2D eigenvalue weighted by Gasteiger charge is -2.08. The minimum absolute atomic E-state index is 0.265. The molecule has 7 nitrogen and oxygen atoms in total. The van der Waals surface area contributed by atoms with Gasteiger partial charge in [-0.25, -0.2) is 9.97 Å². The molecule has 9 heteroatoms. The SMILES string of the molecule is COc1ccc(OC)c(-c2csc(NC(=O)c3cccc(OCc4csc(C)n4)c3)n2)c1. The summed E-state index contributed by atoms with van der Waals surface area (Å²) in [5.74, 6) is 1.71. The summed E-state index contributed by atoms with van der Waals surface area (Å²) < 4.78 is 16.5. The van der Waals surface area contributed by atoms with Crippen LogP contribution in [0.4, 0.5) is 5.13 Å². The van der Waals surface area contributed by atoms with Crippen LogP contribution in [0.5, 0.6) is 17.2 Å². The summed E-state index contributed by atoms with van der Waals surface area (Å²) in [6.07, 6.45) is 0. The molecule has 0 bridgehead atoms. The van der Waals surface area contributed by atoms with E-state index in [4.69, 9.17) is 14.2 Å². The Morgan fingerprint density at radius 1 is 1.00 bits per heavy atom. The van der Waals surface area contributed by atoms with Crippen molar-refractivity contribution < 1.29 is 19.0 Å². The second-order valence-corrected chi connectivity index (χ2v) is 8.65. The predicted molar refractivity (Wildman–Crippen MR) is 126 cm³/mol. The van der Waals surface area contributed by atoms with Crippen molar-refractivity contribution in [1.82, 2.24) is 9.97 Å². The molecule has 0 aliphatic carbocycles. The molecule has 0 saturated heterocycles. The number of hydrogen-bond donors (Lipinski definition) is 1. The maximum atomic E-state index is 12.8. The number of anilines is 1. The second kappa shape index (κ2) is 9.80. The number of aromatic nitrogens is 2. The highest BCUT2D eigenvalue weighted by atomic mass is 32.1. The molecule has 2 heterocycles. The number of benzene rings is 2. The van der Waals surface area contributed by atoms with Crippen LogP contribution in [0.3, 0.4) is 0 Å². The van der Waals surface area contributed by atoms with Gasteiger partial charge >= 0.3 is 0 Å². The van der Waals surface area contributed by atoms with Crippen molar-refractivity contribution in [1.29, 1.82) is 0 Å². The van der Waals surface area contributed by atoms with Crippen LogP contribution in [0, 0.1) is 6.92 Å². The number of methoxy groups -OCH3 is 2. The zero-order valence-corrected chi connectivity index (χ0v) is 19.4.